The first kappa shape index (κ1) is 12.2. The van der Waals surface area contributed by atoms with Gasteiger partial charge < -0.3 is 4.74 Å². The Labute approximate surface area is 114 Å². The quantitative estimate of drug-likeness (QED) is 0.839. The van der Waals surface area contributed by atoms with Gasteiger partial charge in [0.05, 0.1) is 12.3 Å². The van der Waals surface area contributed by atoms with Gasteiger partial charge in [-0.25, -0.2) is 9.67 Å². The Morgan fingerprint density at radius 2 is 2.42 bits per heavy atom. The summed E-state index contributed by atoms with van der Waals surface area (Å²) in [4.78, 5) is 18.2. The van der Waals surface area contributed by atoms with Crippen LogP contribution in [0.3, 0.4) is 0 Å². The van der Waals surface area contributed by atoms with Gasteiger partial charge in [-0.1, -0.05) is 0 Å². The number of fused-ring (bicyclic) bond motifs is 1. The number of rotatable bonds is 2. The van der Waals surface area contributed by atoms with Crippen molar-refractivity contribution in [2.75, 3.05) is 18.6 Å². The van der Waals surface area contributed by atoms with E-state index in [2.05, 4.69) is 10.1 Å². The zero-order valence-electron chi connectivity index (χ0n) is 10.8. The Balaban J connectivity index is 1.85. The number of aromatic nitrogens is 3. The van der Waals surface area contributed by atoms with Crippen LogP contribution in [-0.4, -0.2) is 34.3 Å². The summed E-state index contributed by atoms with van der Waals surface area (Å²) in [6, 6.07) is 1.69. The van der Waals surface area contributed by atoms with Crippen molar-refractivity contribution in [1.82, 2.24) is 14.8 Å². The number of thiazole rings is 1. The van der Waals surface area contributed by atoms with Gasteiger partial charge in [-0.05, 0) is 6.92 Å². The predicted molar refractivity (Wildman–Crippen MR) is 71.9 cm³/mol. The molecule has 0 atom stereocenters. The molecule has 0 saturated carbocycles. The van der Waals surface area contributed by atoms with E-state index in [1.165, 1.54) is 16.2 Å². The number of aryl methyl sites for hydroxylation is 2. The first-order valence-electron chi connectivity index (χ1n) is 6.06. The molecule has 0 spiro atoms. The van der Waals surface area contributed by atoms with Gasteiger partial charge in [0.1, 0.15) is 0 Å². The second kappa shape index (κ2) is 4.65. The zero-order valence-corrected chi connectivity index (χ0v) is 11.6. The molecule has 0 radical (unpaired) electrons. The standard InChI is InChI=1S/C12H14N4O2S/c1-8-7-19-12(13-8)15(2)11(17)9-6-10-16(14-9)4-3-5-18-10/h6-7H,3-5H2,1-2H3. The number of carbonyl (C=O) groups excluding carboxylic acids is 1. The van der Waals surface area contributed by atoms with Crippen molar-refractivity contribution < 1.29 is 9.53 Å². The van der Waals surface area contributed by atoms with Gasteiger partial charge in [0.25, 0.3) is 5.91 Å². The Bertz CT molecular complexity index is 596. The van der Waals surface area contributed by atoms with Gasteiger partial charge >= 0.3 is 0 Å². The van der Waals surface area contributed by atoms with E-state index in [0.717, 1.165) is 18.7 Å². The highest BCUT2D eigenvalue weighted by Crippen LogP contribution is 2.23. The van der Waals surface area contributed by atoms with E-state index in [1.807, 2.05) is 12.3 Å². The van der Waals surface area contributed by atoms with Crippen molar-refractivity contribution >= 4 is 22.4 Å². The lowest BCUT2D eigenvalue weighted by Gasteiger charge is -2.13. The van der Waals surface area contributed by atoms with Crippen LogP contribution in [0.2, 0.25) is 0 Å². The summed E-state index contributed by atoms with van der Waals surface area (Å²) in [5.41, 5.74) is 1.30. The number of hydrogen-bond donors (Lipinski definition) is 0. The normalized spacial score (nSPS) is 13.8. The smallest absolute Gasteiger partial charge is 0.280 e. The van der Waals surface area contributed by atoms with Crippen LogP contribution in [-0.2, 0) is 6.54 Å². The van der Waals surface area contributed by atoms with Gasteiger partial charge in [-0.3, -0.25) is 9.69 Å². The van der Waals surface area contributed by atoms with Crippen LogP contribution in [0.25, 0.3) is 0 Å². The lowest BCUT2D eigenvalue weighted by molar-refractivity contribution is 0.0987. The molecule has 0 bridgehead atoms. The molecular formula is C12H14N4O2S. The molecule has 3 heterocycles. The maximum Gasteiger partial charge on any atom is 0.280 e. The maximum absolute atomic E-state index is 12.3. The van der Waals surface area contributed by atoms with E-state index < -0.39 is 0 Å². The lowest BCUT2D eigenvalue weighted by Crippen LogP contribution is -2.26. The van der Waals surface area contributed by atoms with Crippen LogP contribution < -0.4 is 9.64 Å². The summed E-state index contributed by atoms with van der Waals surface area (Å²) in [5.74, 6) is 0.498. The Kier molecular flexibility index (Phi) is 2.98. The van der Waals surface area contributed by atoms with E-state index in [9.17, 15) is 4.79 Å². The topological polar surface area (TPSA) is 60.2 Å². The number of hydrogen-bond acceptors (Lipinski definition) is 5. The third-order valence-electron chi connectivity index (χ3n) is 2.92. The third kappa shape index (κ3) is 2.21. The summed E-state index contributed by atoms with van der Waals surface area (Å²) in [5, 5.41) is 6.87. The molecule has 0 fully saturated rings. The first-order valence-corrected chi connectivity index (χ1v) is 6.94. The van der Waals surface area contributed by atoms with Gasteiger partial charge in [-0.15, -0.1) is 11.3 Å². The summed E-state index contributed by atoms with van der Waals surface area (Å²) >= 11 is 1.44. The van der Waals surface area contributed by atoms with Crippen molar-refractivity contribution in [3.63, 3.8) is 0 Å². The predicted octanol–water partition coefficient (Wildman–Crippen LogP) is 1.71. The molecule has 0 unspecified atom stereocenters. The molecule has 1 aliphatic rings. The van der Waals surface area contributed by atoms with E-state index in [0.29, 0.717) is 23.3 Å². The van der Waals surface area contributed by atoms with Crippen LogP contribution >= 0.6 is 11.3 Å². The Hall–Kier alpha value is -1.89. The molecule has 0 aromatic carbocycles. The summed E-state index contributed by atoms with van der Waals surface area (Å²) in [6.45, 7) is 3.38. The molecule has 7 heteroatoms. The molecule has 0 saturated heterocycles. The van der Waals surface area contributed by atoms with Crippen molar-refractivity contribution in [2.45, 2.75) is 19.9 Å². The molecule has 2 aromatic heterocycles. The average Bonchev–Trinajstić information content (AvgIpc) is 3.02. The molecule has 0 aliphatic carbocycles. The number of ether oxygens (including phenoxy) is 1. The first-order chi connectivity index (χ1) is 9.15. The minimum Gasteiger partial charge on any atom is -0.478 e. The fourth-order valence-corrected chi connectivity index (χ4v) is 2.69. The van der Waals surface area contributed by atoms with Crippen molar-refractivity contribution in [2.24, 2.45) is 0 Å². The van der Waals surface area contributed by atoms with Crippen LogP contribution in [0.4, 0.5) is 5.13 Å². The SMILES string of the molecule is Cc1csc(N(C)C(=O)c2cc3n(n2)CCCO3)n1. The molecular weight excluding hydrogens is 264 g/mol. The summed E-state index contributed by atoms with van der Waals surface area (Å²) in [7, 11) is 1.71. The van der Waals surface area contributed by atoms with Crippen LogP contribution in [0.1, 0.15) is 22.6 Å². The minimum atomic E-state index is -0.167. The highest BCUT2D eigenvalue weighted by atomic mass is 32.1. The largest absolute Gasteiger partial charge is 0.478 e. The van der Waals surface area contributed by atoms with E-state index in [-0.39, 0.29) is 5.91 Å². The molecule has 6 nitrogen and oxygen atoms in total. The van der Waals surface area contributed by atoms with E-state index in [1.54, 1.807) is 17.8 Å². The molecule has 0 N–H and O–H groups in total. The summed E-state index contributed by atoms with van der Waals surface area (Å²) in [6.07, 6.45) is 0.920. The second-order valence-corrected chi connectivity index (χ2v) is 5.27. The number of carbonyl (C=O) groups is 1. The van der Waals surface area contributed by atoms with E-state index >= 15 is 0 Å². The molecule has 1 aliphatic heterocycles. The van der Waals surface area contributed by atoms with Crippen LogP contribution in [0.15, 0.2) is 11.4 Å². The van der Waals surface area contributed by atoms with Crippen molar-refractivity contribution in [3.05, 3.63) is 22.8 Å². The fraction of sp³-hybridized carbons (Fsp3) is 0.417. The van der Waals surface area contributed by atoms with Gasteiger partial charge in [0.15, 0.2) is 10.8 Å². The van der Waals surface area contributed by atoms with Crippen LogP contribution in [0.5, 0.6) is 5.88 Å². The van der Waals surface area contributed by atoms with Crippen LogP contribution in [0, 0.1) is 6.92 Å². The Morgan fingerprint density at radius 3 is 3.11 bits per heavy atom. The molecule has 19 heavy (non-hydrogen) atoms. The fourth-order valence-electron chi connectivity index (χ4n) is 1.93. The third-order valence-corrected chi connectivity index (χ3v) is 3.96. The molecule has 100 valence electrons. The number of amides is 1. The van der Waals surface area contributed by atoms with E-state index in [4.69, 9.17) is 4.74 Å². The number of anilines is 1. The highest BCUT2D eigenvalue weighted by molar-refractivity contribution is 7.14. The van der Waals surface area contributed by atoms with Gasteiger partial charge in [0.2, 0.25) is 5.88 Å². The van der Waals surface area contributed by atoms with Crippen molar-refractivity contribution in [3.8, 4) is 5.88 Å². The molecule has 3 rings (SSSR count). The average molecular weight is 278 g/mol. The van der Waals surface area contributed by atoms with Gasteiger partial charge in [-0.2, -0.15) is 5.10 Å². The Morgan fingerprint density at radius 1 is 1.58 bits per heavy atom. The maximum atomic E-state index is 12.3. The minimum absolute atomic E-state index is 0.167. The number of nitrogens with zero attached hydrogens (tertiary/aromatic N) is 4. The highest BCUT2D eigenvalue weighted by Gasteiger charge is 2.22. The van der Waals surface area contributed by atoms with Crippen molar-refractivity contribution in [1.29, 1.82) is 0 Å². The monoisotopic (exact) mass is 278 g/mol. The summed E-state index contributed by atoms with van der Waals surface area (Å²) < 4.78 is 7.19. The zero-order chi connectivity index (χ0) is 13.4. The lowest BCUT2D eigenvalue weighted by atomic mass is 10.4. The molecule has 2 aromatic rings. The van der Waals surface area contributed by atoms with Gasteiger partial charge in [0, 0.05) is 31.5 Å². The molecule has 1 amide bonds. The second-order valence-electron chi connectivity index (χ2n) is 4.43.